The smallest absolute Gasteiger partial charge is 0.272 e. The number of hydrogen-bond donors (Lipinski definition) is 1. The first-order valence-electron chi connectivity index (χ1n) is 9.11. The number of nitrogens with one attached hydrogen (secondary N) is 1. The highest BCUT2D eigenvalue weighted by molar-refractivity contribution is 5.92. The summed E-state index contributed by atoms with van der Waals surface area (Å²) >= 11 is 0. The molecule has 0 radical (unpaired) electrons. The van der Waals surface area contributed by atoms with Gasteiger partial charge in [0.15, 0.2) is 0 Å². The van der Waals surface area contributed by atoms with Crippen molar-refractivity contribution < 1.29 is 4.79 Å². The molecule has 5 nitrogen and oxygen atoms in total. The topological polar surface area (TPSA) is 58.1 Å². The number of carbonyl (C=O) groups is 1. The third-order valence-corrected chi connectivity index (χ3v) is 4.67. The summed E-state index contributed by atoms with van der Waals surface area (Å²) in [6.07, 6.45) is 9.07. The fourth-order valence-corrected chi connectivity index (χ4v) is 3.28. The monoisotopic (exact) mass is 338 g/mol. The van der Waals surface area contributed by atoms with Crippen molar-refractivity contribution in [3.8, 4) is 0 Å². The van der Waals surface area contributed by atoms with Crippen LogP contribution in [-0.4, -0.2) is 33.9 Å². The summed E-state index contributed by atoms with van der Waals surface area (Å²) in [4.78, 5) is 23.1. The molecule has 1 heterocycles. The number of aromatic nitrogens is 2. The first kappa shape index (κ1) is 17.4. The van der Waals surface area contributed by atoms with Crippen LogP contribution in [0.3, 0.4) is 0 Å². The van der Waals surface area contributed by atoms with E-state index in [1.165, 1.54) is 25.7 Å². The molecular weight excluding hydrogens is 312 g/mol. The van der Waals surface area contributed by atoms with E-state index in [1.54, 1.807) is 24.2 Å². The lowest BCUT2D eigenvalue weighted by Gasteiger charge is -2.18. The quantitative estimate of drug-likeness (QED) is 0.841. The molecule has 3 rings (SSSR count). The van der Waals surface area contributed by atoms with Crippen molar-refractivity contribution in [2.45, 2.75) is 51.1 Å². The molecule has 0 spiro atoms. The van der Waals surface area contributed by atoms with Gasteiger partial charge in [-0.3, -0.25) is 4.79 Å². The molecule has 0 aliphatic heterocycles. The second kappa shape index (κ2) is 8.60. The molecule has 1 saturated carbocycles. The van der Waals surface area contributed by atoms with E-state index in [9.17, 15) is 4.79 Å². The minimum Gasteiger partial charge on any atom is -0.351 e. The van der Waals surface area contributed by atoms with Crippen molar-refractivity contribution in [3.05, 3.63) is 53.9 Å². The second-order valence-corrected chi connectivity index (χ2v) is 6.75. The molecule has 1 aliphatic carbocycles. The predicted octanol–water partition coefficient (Wildman–Crippen LogP) is 3.88. The number of anilines is 1. The Morgan fingerprint density at radius 3 is 2.56 bits per heavy atom. The van der Waals surface area contributed by atoms with E-state index in [4.69, 9.17) is 0 Å². The number of hydrogen-bond acceptors (Lipinski definition) is 4. The standard InChI is InChI=1S/C20H26N4O/c1-24(15-16-9-5-4-6-10-16)19(25)18-13-14-21-20(23-18)22-17-11-7-2-3-8-12-17/h4-6,9-10,13-14,17H,2-3,7-8,11-12,15H2,1H3,(H,21,22,23). The van der Waals surface area contributed by atoms with Crippen LogP contribution in [0.2, 0.25) is 0 Å². The number of amides is 1. The minimum absolute atomic E-state index is 0.0878. The van der Waals surface area contributed by atoms with Gasteiger partial charge in [-0.1, -0.05) is 56.0 Å². The third-order valence-electron chi connectivity index (χ3n) is 4.67. The van der Waals surface area contributed by atoms with E-state index < -0.39 is 0 Å². The SMILES string of the molecule is CN(Cc1ccccc1)C(=O)c1ccnc(NC2CCCCCC2)n1. The lowest BCUT2D eigenvalue weighted by atomic mass is 10.1. The fourth-order valence-electron chi connectivity index (χ4n) is 3.28. The highest BCUT2D eigenvalue weighted by Gasteiger charge is 2.17. The van der Waals surface area contributed by atoms with Gasteiger partial charge >= 0.3 is 0 Å². The van der Waals surface area contributed by atoms with E-state index in [0.29, 0.717) is 24.2 Å². The molecule has 0 bridgehead atoms. The highest BCUT2D eigenvalue weighted by Crippen LogP contribution is 2.20. The first-order chi connectivity index (χ1) is 12.2. The van der Waals surface area contributed by atoms with Gasteiger partial charge < -0.3 is 10.2 Å². The van der Waals surface area contributed by atoms with E-state index in [-0.39, 0.29) is 5.91 Å². The van der Waals surface area contributed by atoms with E-state index in [1.807, 2.05) is 30.3 Å². The Morgan fingerprint density at radius 2 is 1.84 bits per heavy atom. The molecule has 0 saturated heterocycles. The van der Waals surface area contributed by atoms with Gasteiger partial charge in [0.1, 0.15) is 5.69 Å². The van der Waals surface area contributed by atoms with Crippen molar-refractivity contribution in [2.24, 2.45) is 0 Å². The molecule has 1 amide bonds. The molecule has 132 valence electrons. The summed E-state index contributed by atoms with van der Waals surface area (Å²) in [7, 11) is 1.80. The maximum absolute atomic E-state index is 12.7. The Morgan fingerprint density at radius 1 is 1.12 bits per heavy atom. The largest absolute Gasteiger partial charge is 0.351 e. The van der Waals surface area contributed by atoms with Gasteiger partial charge in [-0.05, 0) is 24.5 Å². The van der Waals surface area contributed by atoms with Gasteiger partial charge in [-0.2, -0.15) is 0 Å². The zero-order valence-corrected chi connectivity index (χ0v) is 14.8. The van der Waals surface area contributed by atoms with Crippen LogP contribution in [0.15, 0.2) is 42.6 Å². The van der Waals surface area contributed by atoms with Crippen LogP contribution < -0.4 is 5.32 Å². The van der Waals surface area contributed by atoms with Crippen molar-refractivity contribution in [1.29, 1.82) is 0 Å². The molecule has 2 aromatic rings. The Hall–Kier alpha value is -2.43. The summed E-state index contributed by atoms with van der Waals surface area (Å²) < 4.78 is 0. The van der Waals surface area contributed by atoms with E-state index in [0.717, 1.165) is 18.4 Å². The molecule has 1 N–H and O–H groups in total. The number of nitrogens with zero attached hydrogens (tertiary/aromatic N) is 3. The Kier molecular flexibility index (Phi) is 5.99. The summed E-state index contributed by atoms with van der Waals surface area (Å²) in [6, 6.07) is 12.1. The van der Waals surface area contributed by atoms with Gasteiger partial charge in [0, 0.05) is 25.8 Å². The molecule has 1 aliphatic rings. The summed E-state index contributed by atoms with van der Waals surface area (Å²) in [5.41, 5.74) is 1.54. The molecular formula is C20H26N4O. The number of benzene rings is 1. The third kappa shape index (κ3) is 5.02. The van der Waals surface area contributed by atoms with E-state index in [2.05, 4.69) is 15.3 Å². The molecule has 1 aromatic heterocycles. The van der Waals surface area contributed by atoms with Crippen molar-refractivity contribution in [2.75, 3.05) is 12.4 Å². The summed E-state index contributed by atoms with van der Waals surface area (Å²) in [5.74, 6) is 0.473. The maximum Gasteiger partial charge on any atom is 0.272 e. The van der Waals surface area contributed by atoms with Crippen molar-refractivity contribution in [3.63, 3.8) is 0 Å². The van der Waals surface area contributed by atoms with Crippen molar-refractivity contribution >= 4 is 11.9 Å². The first-order valence-corrected chi connectivity index (χ1v) is 9.11. The van der Waals surface area contributed by atoms with Gasteiger partial charge in [0.2, 0.25) is 5.95 Å². The molecule has 5 heteroatoms. The molecule has 1 aromatic carbocycles. The second-order valence-electron chi connectivity index (χ2n) is 6.75. The van der Waals surface area contributed by atoms with E-state index >= 15 is 0 Å². The maximum atomic E-state index is 12.7. The molecule has 1 fully saturated rings. The minimum atomic E-state index is -0.0878. The van der Waals surface area contributed by atoms with Crippen LogP contribution in [0.4, 0.5) is 5.95 Å². The number of carbonyl (C=O) groups excluding carboxylic acids is 1. The zero-order valence-electron chi connectivity index (χ0n) is 14.8. The van der Waals surface area contributed by atoms with Crippen LogP contribution in [0.1, 0.15) is 54.6 Å². The van der Waals surface area contributed by atoms with Crippen LogP contribution in [0, 0.1) is 0 Å². The van der Waals surface area contributed by atoms with Crippen molar-refractivity contribution in [1.82, 2.24) is 14.9 Å². The van der Waals surface area contributed by atoms with Gasteiger partial charge in [-0.15, -0.1) is 0 Å². The number of rotatable bonds is 5. The molecule has 0 unspecified atom stereocenters. The van der Waals surface area contributed by atoms with Crippen LogP contribution >= 0.6 is 0 Å². The highest BCUT2D eigenvalue weighted by atomic mass is 16.2. The fraction of sp³-hybridized carbons (Fsp3) is 0.450. The van der Waals surface area contributed by atoms with Crippen LogP contribution in [0.25, 0.3) is 0 Å². The van der Waals surface area contributed by atoms with Crippen LogP contribution in [-0.2, 0) is 6.54 Å². The summed E-state index contributed by atoms with van der Waals surface area (Å²) in [6.45, 7) is 0.565. The average molecular weight is 338 g/mol. The Balaban J connectivity index is 1.64. The van der Waals surface area contributed by atoms with Gasteiger partial charge in [0.25, 0.3) is 5.91 Å². The Bertz CT molecular complexity index is 681. The lowest BCUT2D eigenvalue weighted by molar-refractivity contribution is 0.0779. The molecule has 25 heavy (non-hydrogen) atoms. The average Bonchev–Trinajstić information content (AvgIpc) is 2.91. The zero-order chi connectivity index (χ0) is 17.5. The van der Waals surface area contributed by atoms with Gasteiger partial charge in [-0.25, -0.2) is 9.97 Å². The summed E-state index contributed by atoms with van der Waals surface area (Å²) in [5, 5.41) is 3.41. The molecule has 0 atom stereocenters. The normalized spacial score (nSPS) is 15.4. The lowest BCUT2D eigenvalue weighted by Crippen LogP contribution is -2.28. The predicted molar refractivity (Wildman–Crippen MR) is 99.4 cm³/mol. The Labute approximate surface area is 149 Å². The van der Waals surface area contributed by atoms with Crippen LogP contribution in [0.5, 0.6) is 0 Å². The van der Waals surface area contributed by atoms with Gasteiger partial charge in [0.05, 0.1) is 0 Å².